The third-order valence-electron chi connectivity index (χ3n) is 4.53. The Labute approximate surface area is 139 Å². The molecule has 2 heterocycles. The van der Waals surface area contributed by atoms with Crippen molar-refractivity contribution in [1.82, 2.24) is 4.90 Å². The van der Waals surface area contributed by atoms with Crippen LogP contribution < -0.4 is 9.64 Å². The highest BCUT2D eigenvalue weighted by atomic mass is 16.6. The van der Waals surface area contributed by atoms with Crippen molar-refractivity contribution in [2.24, 2.45) is 0 Å². The number of hydrogen-bond donors (Lipinski definition) is 0. The molecule has 0 spiro atoms. The first-order valence-corrected chi connectivity index (χ1v) is 8.75. The molecule has 1 aromatic rings. The van der Waals surface area contributed by atoms with Gasteiger partial charge in [0.1, 0.15) is 5.75 Å². The number of hydrogen-bond acceptors (Lipinski definition) is 5. The fraction of sp³-hybridized carbons (Fsp3) is 0.667. The molecule has 3 rings (SSSR count). The maximum Gasteiger partial charge on any atom is 0.142 e. The molecule has 128 valence electrons. The molecule has 1 aromatic carbocycles. The fourth-order valence-electron chi connectivity index (χ4n) is 3.24. The lowest BCUT2D eigenvalue weighted by atomic mass is 10.2. The summed E-state index contributed by atoms with van der Waals surface area (Å²) in [6.07, 6.45) is 1.34. The molecule has 0 N–H and O–H groups in total. The Hall–Kier alpha value is -1.30. The topological polar surface area (TPSA) is 34.2 Å². The smallest absolute Gasteiger partial charge is 0.142 e. The summed E-state index contributed by atoms with van der Waals surface area (Å²) in [5, 5.41) is 0. The quantitative estimate of drug-likeness (QED) is 0.801. The molecule has 2 aliphatic rings. The van der Waals surface area contributed by atoms with Crippen LogP contribution in [0.2, 0.25) is 0 Å². The van der Waals surface area contributed by atoms with Crippen LogP contribution >= 0.6 is 0 Å². The molecule has 0 bridgehead atoms. The number of piperazine rings is 1. The maximum absolute atomic E-state index is 5.76. The van der Waals surface area contributed by atoms with E-state index in [1.54, 1.807) is 0 Å². The first kappa shape index (κ1) is 16.6. The van der Waals surface area contributed by atoms with E-state index in [1.165, 1.54) is 5.69 Å². The van der Waals surface area contributed by atoms with Gasteiger partial charge in [-0.25, -0.2) is 0 Å². The van der Waals surface area contributed by atoms with E-state index in [1.807, 2.05) is 13.0 Å². The lowest BCUT2D eigenvalue weighted by molar-refractivity contribution is -0.0927. The third kappa shape index (κ3) is 4.59. The number of ether oxygens (including phenoxy) is 3. The summed E-state index contributed by atoms with van der Waals surface area (Å²) in [5.41, 5.74) is 1.22. The zero-order valence-corrected chi connectivity index (χ0v) is 14.1. The molecule has 5 heteroatoms. The number of nitrogens with zero attached hydrogens (tertiary/aromatic N) is 2. The molecule has 2 fully saturated rings. The van der Waals surface area contributed by atoms with Crippen LogP contribution in [0.4, 0.5) is 5.69 Å². The second-order valence-electron chi connectivity index (χ2n) is 6.09. The summed E-state index contributed by atoms with van der Waals surface area (Å²) in [6, 6.07) is 8.35. The van der Waals surface area contributed by atoms with E-state index in [-0.39, 0.29) is 6.10 Å². The molecule has 23 heavy (non-hydrogen) atoms. The van der Waals surface area contributed by atoms with Crippen molar-refractivity contribution >= 4 is 5.69 Å². The van der Waals surface area contributed by atoms with Crippen molar-refractivity contribution in [3.63, 3.8) is 0 Å². The van der Waals surface area contributed by atoms with E-state index in [2.05, 4.69) is 28.0 Å². The van der Waals surface area contributed by atoms with Crippen molar-refractivity contribution in [3.8, 4) is 5.75 Å². The van der Waals surface area contributed by atoms with Gasteiger partial charge in [0.15, 0.2) is 0 Å². The van der Waals surface area contributed by atoms with Crippen molar-refractivity contribution < 1.29 is 14.2 Å². The Morgan fingerprint density at radius 3 is 2.70 bits per heavy atom. The summed E-state index contributed by atoms with van der Waals surface area (Å²) < 4.78 is 16.9. The van der Waals surface area contributed by atoms with Crippen molar-refractivity contribution in [2.75, 3.05) is 64.1 Å². The zero-order chi connectivity index (χ0) is 15.9. The van der Waals surface area contributed by atoms with E-state index in [0.29, 0.717) is 6.61 Å². The largest absolute Gasteiger partial charge is 0.492 e. The number of para-hydroxylation sites is 2. The van der Waals surface area contributed by atoms with Crippen LogP contribution in [0.25, 0.3) is 0 Å². The molecule has 1 atom stereocenters. The summed E-state index contributed by atoms with van der Waals surface area (Å²) in [7, 11) is 0. The molecular weight excluding hydrogens is 292 g/mol. The molecule has 1 unspecified atom stereocenters. The van der Waals surface area contributed by atoms with Gasteiger partial charge in [0.05, 0.1) is 38.2 Å². The summed E-state index contributed by atoms with van der Waals surface area (Å²) in [5.74, 6) is 0.996. The standard InChI is InChI=1S/C18H28N2O3/c1-2-22-18-6-4-3-5-17(18)20-11-9-19(10-12-20)8-7-16-15-21-13-14-23-16/h3-6,16H,2,7-15H2,1H3. The minimum atomic E-state index is 0.278. The van der Waals surface area contributed by atoms with Gasteiger partial charge in [0, 0.05) is 32.7 Å². The minimum Gasteiger partial charge on any atom is -0.492 e. The van der Waals surface area contributed by atoms with E-state index in [9.17, 15) is 0 Å². The monoisotopic (exact) mass is 320 g/mol. The molecule has 2 aliphatic heterocycles. The third-order valence-corrected chi connectivity index (χ3v) is 4.53. The summed E-state index contributed by atoms with van der Waals surface area (Å²) >= 11 is 0. The fourth-order valence-corrected chi connectivity index (χ4v) is 3.24. The minimum absolute atomic E-state index is 0.278. The lowest BCUT2D eigenvalue weighted by Gasteiger charge is -2.37. The van der Waals surface area contributed by atoms with Crippen LogP contribution in [0.1, 0.15) is 13.3 Å². The Morgan fingerprint density at radius 1 is 1.13 bits per heavy atom. The maximum atomic E-state index is 5.76. The predicted molar refractivity (Wildman–Crippen MR) is 91.4 cm³/mol. The van der Waals surface area contributed by atoms with E-state index in [4.69, 9.17) is 14.2 Å². The Balaban J connectivity index is 1.46. The molecule has 0 aliphatic carbocycles. The van der Waals surface area contributed by atoms with Crippen molar-refractivity contribution in [2.45, 2.75) is 19.4 Å². The second kappa shape index (κ2) is 8.52. The van der Waals surface area contributed by atoms with Gasteiger partial charge in [-0.15, -0.1) is 0 Å². The van der Waals surface area contributed by atoms with Gasteiger partial charge >= 0.3 is 0 Å². The van der Waals surface area contributed by atoms with E-state index < -0.39 is 0 Å². The Bertz CT molecular complexity index is 469. The zero-order valence-electron chi connectivity index (χ0n) is 14.1. The summed E-state index contributed by atoms with van der Waals surface area (Å²) in [6.45, 7) is 10.4. The first-order chi connectivity index (χ1) is 11.4. The van der Waals surface area contributed by atoms with Crippen LogP contribution in [0.15, 0.2) is 24.3 Å². The van der Waals surface area contributed by atoms with Gasteiger partial charge in [0.25, 0.3) is 0 Å². The molecule has 0 saturated carbocycles. The van der Waals surface area contributed by atoms with Gasteiger partial charge in [-0.2, -0.15) is 0 Å². The average Bonchev–Trinajstić information content (AvgIpc) is 2.62. The number of benzene rings is 1. The van der Waals surface area contributed by atoms with Crippen LogP contribution in [0.3, 0.4) is 0 Å². The highest BCUT2D eigenvalue weighted by Crippen LogP contribution is 2.28. The van der Waals surface area contributed by atoms with E-state index >= 15 is 0 Å². The van der Waals surface area contributed by atoms with Crippen molar-refractivity contribution in [3.05, 3.63) is 24.3 Å². The number of anilines is 1. The van der Waals surface area contributed by atoms with Crippen LogP contribution in [0.5, 0.6) is 5.75 Å². The van der Waals surface area contributed by atoms with Gasteiger partial charge in [0.2, 0.25) is 0 Å². The highest BCUT2D eigenvalue weighted by molar-refractivity contribution is 5.58. The molecule has 0 amide bonds. The van der Waals surface area contributed by atoms with Gasteiger partial charge in [-0.05, 0) is 25.5 Å². The second-order valence-corrected chi connectivity index (χ2v) is 6.09. The Kier molecular flexibility index (Phi) is 6.13. The first-order valence-electron chi connectivity index (χ1n) is 8.75. The van der Waals surface area contributed by atoms with Crippen LogP contribution in [-0.2, 0) is 9.47 Å². The molecule has 2 saturated heterocycles. The van der Waals surface area contributed by atoms with Gasteiger partial charge < -0.3 is 19.1 Å². The average molecular weight is 320 g/mol. The van der Waals surface area contributed by atoms with Crippen LogP contribution in [-0.4, -0.2) is 70.2 Å². The molecule has 5 nitrogen and oxygen atoms in total. The molecule has 0 aromatic heterocycles. The lowest BCUT2D eigenvalue weighted by Crippen LogP contribution is -2.47. The van der Waals surface area contributed by atoms with Gasteiger partial charge in [-0.3, -0.25) is 4.90 Å². The molecule has 0 radical (unpaired) electrons. The van der Waals surface area contributed by atoms with Crippen molar-refractivity contribution in [1.29, 1.82) is 0 Å². The summed E-state index contributed by atoms with van der Waals surface area (Å²) in [4.78, 5) is 4.96. The molecular formula is C18H28N2O3. The Morgan fingerprint density at radius 2 is 1.96 bits per heavy atom. The van der Waals surface area contributed by atoms with E-state index in [0.717, 1.165) is 64.7 Å². The highest BCUT2D eigenvalue weighted by Gasteiger charge is 2.21. The SMILES string of the molecule is CCOc1ccccc1N1CCN(CCC2COCCO2)CC1. The van der Waals surface area contributed by atoms with Gasteiger partial charge in [-0.1, -0.05) is 12.1 Å². The normalized spacial score (nSPS) is 23.0. The number of rotatable bonds is 6. The van der Waals surface area contributed by atoms with Crippen LogP contribution in [0, 0.1) is 0 Å². The predicted octanol–water partition coefficient (Wildman–Crippen LogP) is 2.01.